The maximum Gasteiger partial charge on any atom is 0.303 e. The summed E-state index contributed by atoms with van der Waals surface area (Å²) in [6.07, 6.45) is 2.76. The van der Waals surface area contributed by atoms with Crippen LogP contribution in [-0.4, -0.2) is 192 Å². The van der Waals surface area contributed by atoms with Gasteiger partial charge in [-0.05, 0) is 118 Å². The number of nitrogens with two attached hydrogens (primary N) is 3. The van der Waals surface area contributed by atoms with E-state index in [9.17, 15) is 72.5 Å². The van der Waals surface area contributed by atoms with Crippen molar-refractivity contribution in [2.75, 3.05) is 44.8 Å². The maximum atomic E-state index is 14.2. The number of nitrogens with zero attached hydrogens (tertiary/aromatic N) is 3. The molecule has 0 saturated carbocycles. The van der Waals surface area contributed by atoms with Gasteiger partial charge in [-0.2, -0.15) is 11.8 Å². The highest BCUT2D eigenvalue weighted by atomic mass is 32.2. The van der Waals surface area contributed by atoms with Crippen LogP contribution in [0, 0.1) is 11.8 Å². The molecule has 12 amide bonds. The summed E-state index contributed by atoms with van der Waals surface area (Å²) in [4.78, 5) is 177. The van der Waals surface area contributed by atoms with Crippen molar-refractivity contribution in [2.24, 2.45) is 34.2 Å². The summed E-state index contributed by atoms with van der Waals surface area (Å²) in [5.41, 5.74) is 27.0. The standard InChI is InChI=1S/C61H95N17O15S/c1-7-36(4)51(61(93)72-43(26-29-94-6)57(89)71-41(23-15-17-28-63)56(88)74-46(34-79)52(64)84)76-58(90)42(24-25-49(82)83)70-48(81)33-67-60(92)50(35(2)3)75-59(91)44(30-38-18-10-8-11-19-38)73-53(85)37(5)68-55(87)40(22-14-16-27-62)69-47(80)32-66-54(86)45(77-78-65)31-39-20-12-9-13-21-39/h8-13,18-21,35-37,40-46,50-51,79H,7,14-17,22-34,62-63H2,1-6H3,(H2,64,84)(H,66,86)(H,67,92)(H,68,87)(H,69,80)(H,70,81)(H,71,89)(H,72,93)(H,73,85)(H,74,88)(H,75,91)(H,76,90)(H,82,83)/t36-,37-,40-,41-,42-,43-,44-,45-,46-,50-,51-/m0/s1. The number of azide groups is 1. The topological polar surface area (TPSA) is 522 Å². The number of rotatable bonds is 46. The van der Waals surface area contributed by atoms with Crippen LogP contribution in [0.3, 0.4) is 0 Å². The van der Waals surface area contributed by atoms with Crippen molar-refractivity contribution in [2.45, 2.75) is 172 Å². The SMILES string of the molecule is CC[C@H](C)[C@H](NC(=O)[C@H](CCC(=O)O)NC(=O)CNC(=O)[C@@H](NC(=O)[C@H](Cc1ccccc1)NC(=O)[C@H](C)NC(=O)[C@H](CCCCN)NC(=O)CNC(=O)[C@H](Cc1ccccc1)N=[N+]=[N-])C(C)C)C(=O)N[C@@H](CCSC)C(=O)N[C@@H](CCCCN)C(=O)N[C@@H](CO)C(N)=O. The minimum atomic E-state index is -1.60. The average Bonchev–Trinajstić information content (AvgIpc) is 0.901. The van der Waals surface area contributed by atoms with E-state index < -0.39 is 182 Å². The quantitative estimate of drug-likeness (QED) is 0.0145. The zero-order chi connectivity index (χ0) is 70.3. The average molecular weight is 1340 g/mol. The van der Waals surface area contributed by atoms with Crippen LogP contribution in [0.5, 0.6) is 0 Å². The summed E-state index contributed by atoms with van der Waals surface area (Å²) in [5, 5.41) is 50.5. The number of unbranched alkanes of at least 4 members (excludes halogenated alkanes) is 2. The van der Waals surface area contributed by atoms with Crippen molar-refractivity contribution in [3.8, 4) is 0 Å². The number of aliphatic hydroxyl groups excluding tert-OH is 1. The Labute approximate surface area is 550 Å². The van der Waals surface area contributed by atoms with Crippen LogP contribution in [0.2, 0.25) is 0 Å². The largest absolute Gasteiger partial charge is 0.481 e. The van der Waals surface area contributed by atoms with Gasteiger partial charge in [0, 0.05) is 17.8 Å². The Hall–Kier alpha value is -8.91. The molecule has 0 aliphatic heterocycles. The number of hydrogen-bond acceptors (Lipinski definition) is 18. The van der Waals surface area contributed by atoms with Gasteiger partial charge in [-0.1, -0.05) is 99.9 Å². The molecule has 520 valence electrons. The molecule has 32 nitrogen and oxygen atoms in total. The Morgan fingerprint density at radius 1 is 0.532 bits per heavy atom. The lowest BCUT2D eigenvalue weighted by molar-refractivity contribution is -0.138. The highest BCUT2D eigenvalue weighted by molar-refractivity contribution is 7.98. The van der Waals surface area contributed by atoms with Gasteiger partial charge in [-0.25, -0.2) is 0 Å². The van der Waals surface area contributed by atoms with Crippen LogP contribution in [0.4, 0.5) is 0 Å². The van der Waals surface area contributed by atoms with Crippen molar-refractivity contribution in [3.63, 3.8) is 0 Å². The van der Waals surface area contributed by atoms with Gasteiger partial charge in [-0.3, -0.25) is 62.3 Å². The number of thioether (sulfide) groups is 1. The van der Waals surface area contributed by atoms with E-state index in [1.807, 2.05) is 0 Å². The predicted molar refractivity (Wildman–Crippen MR) is 349 cm³/mol. The molecule has 94 heavy (non-hydrogen) atoms. The third kappa shape index (κ3) is 30.7. The number of primary amides is 1. The summed E-state index contributed by atoms with van der Waals surface area (Å²) >= 11 is 1.35. The number of aliphatic carboxylic acids is 1. The molecule has 0 aliphatic carbocycles. The molecule has 0 spiro atoms. The minimum Gasteiger partial charge on any atom is -0.481 e. The number of aliphatic hydroxyl groups is 1. The normalized spacial score (nSPS) is 14.4. The van der Waals surface area contributed by atoms with E-state index in [1.54, 1.807) is 94.6 Å². The molecule has 0 heterocycles. The number of carbonyl (C=O) groups is 13. The highest BCUT2D eigenvalue weighted by Crippen LogP contribution is 2.14. The van der Waals surface area contributed by atoms with E-state index in [0.29, 0.717) is 49.0 Å². The molecule has 33 heteroatoms. The number of carbonyl (C=O) groups excluding carboxylic acids is 12. The van der Waals surface area contributed by atoms with E-state index in [2.05, 4.69) is 68.5 Å². The molecule has 19 N–H and O–H groups in total. The van der Waals surface area contributed by atoms with Crippen LogP contribution in [0.1, 0.15) is 110 Å². The molecule has 11 atom stereocenters. The van der Waals surface area contributed by atoms with Gasteiger partial charge in [0.15, 0.2) is 0 Å². The van der Waals surface area contributed by atoms with Crippen molar-refractivity contribution < 1.29 is 72.5 Å². The zero-order valence-electron chi connectivity index (χ0n) is 54.1. The van der Waals surface area contributed by atoms with E-state index in [4.69, 9.17) is 22.7 Å². The first-order valence-electron chi connectivity index (χ1n) is 31.1. The summed E-state index contributed by atoms with van der Waals surface area (Å²) in [6, 6.07) is 3.84. The predicted octanol–water partition coefficient (Wildman–Crippen LogP) is -2.18. The van der Waals surface area contributed by atoms with Gasteiger partial charge < -0.3 is 85.9 Å². The fourth-order valence-corrected chi connectivity index (χ4v) is 9.67. The van der Waals surface area contributed by atoms with Gasteiger partial charge in [0.1, 0.15) is 60.4 Å². The second-order valence-corrected chi connectivity index (χ2v) is 23.7. The number of amides is 12. The van der Waals surface area contributed by atoms with E-state index in [-0.39, 0.29) is 45.2 Å². The van der Waals surface area contributed by atoms with Gasteiger partial charge in [0.2, 0.25) is 70.9 Å². The summed E-state index contributed by atoms with van der Waals surface area (Å²) < 4.78 is 0. The third-order valence-corrected chi connectivity index (χ3v) is 15.5. The Kier molecular flexibility index (Phi) is 38.5. The summed E-state index contributed by atoms with van der Waals surface area (Å²) in [5.74, 6) is -12.6. The van der Waals surface area contributed by atoms with E-state index >= 15 is 0 Å². The molecule has 0 saturated heterocycles. The van der Waals surface area contributed by atoms with E-state index in [1.165, 1.54) is 18.7 Å². The number of benzene rings is 2. The van der Waals surface area contributed by atoms with Crippen LogP contribution in [-0.2, 0) is 75.2 Å². The fourth-order valence-electron chi connectivity index (χ4n) is 9.20. The lowest BCUT2D eigenvalue weighted by Gasteiger charge is -2.29. The molecular formula is C61H95N17O15S. The lowest BCUT2D eigenvalue weighted by Crippen LogP contribution is -2.60. The van der Waals surface area contributed by atoms with Gasteiger partial charge in [0.25, 0.3) is 0 Å². The molecule has 2 rings (SSSR count). The van der Waals surface area contributed by atoms with Gasteiger partial charge >= 0.3 is 5.97 Å². The second-order valence-electron chi connectivity index (χ2n) is 22.7. The molecule has 2 aromatic rings. The number of hydrogen-bond donors (Lipinski definition) is 16. The minimum absolute atomic E-state index is 0.0453. The number of nitrogens with one attached hydrogen (secondary N) is 11. The highest BCUT2D eigenvalue weighted by Gasteiger charge is 2.36. The number of carboxylic acids is 1. The lowest BCUT2D eigenvalue weighted by atomic mass is 9.97. The van der Waals surface area contributed by atoms with Crippen molar-refractivity contribution in [1.29, 1.82) is 0 Å². The summed E-state index contributed by atoms with van der Waals surface area (Å²) in [6.45, 7) is 6.20. The first-order chi connectivity index (χ1) is 44.7. The van der Waals surface area contributed by atoms with Crippen molar-refractivity contribution in [1.82, 2.24) is 58.5 Å². The molecular weight excluding hydrogens is 1240 g/mol. The zero-order valence-corrected chi connectivity index (χ0v) is 54.9. The molecule has 0 aliphatic rings. The monoisotopic (exact) mass is 1340 g/mol. The molecule has 2 aromatic carbocycles. The van der Waals surface area contributed by atoms with Crippen molar-refractivity contribution in [3.05, 3.63) is 82.2 Å². The Morgan fingerprint density at radius 3 is 1.47 bits per heavy atom. The first-order valence-corrected chi connectivity index (χ1v) is 32.5. The Morgan fingerprint density at radius 2 is 0.979 bits per heavy atom. The van der Waals surface area contributed by atoms with Gasteiger partial charge in [0.05, 0.1) is 19.7 Å². The molecule has 0 aromatic heterocycles. The van der Waals surface area contributed by atoms with Crippen LogP contribution in [0.25, 0.3) is 10.4 Å². The Balaban J connectivity index is 2.28. The smallest absolute Gasteiger partial charge is 0.303 e. The molecule has 0 radical (unpaired) electrons. The third-order valence-electron chi connectivity index (χ3n) is 14.9. The van der Waals surface area contributed by atoms with Crippen molar-refractivity contribution >= 4 is 88.6 Å². The molecule has 0 bridgehead atoms. The fraction of sp³-hybridized carbons (Fsp3) is 0.590. The van der Waals surface area contributed by atoms with Gasteiger partial charge in [-0.15, -0.1) is 0 Å². The first kappa shape index (κ1) is 81.2. The number of carboxylic acid groups (broad SMARTS) is 1. The summed E-state index contributed by atoms with van der Waals surface area (Å²) in [7, 11) is 0. The van der Waals surface area contributed by atoms with Crippen LogP contribution in [0.15, 0.2) is 65.8 Å². The molecule has 0 unspecified atom stereocenters. The second kappa shape index (κ2) is 44.6. The van der Waals surface area contributed by atoms with Crippen LogP contribution >= 0.6 is 11.8 Å². The van der Waals surface area contributed by atoms with Crippen LogP contribution < -0.4 is 75.7 Å². The maximum absolute atomic E-state index is 14.2. The molecule has 0 fully saturated rings. The Bertz CT molecular complexity index is 2870. The van der Waals surface area contributed by atoms with E-state index in [0.717, 1.165) is 0 Å².